The summed E-state index contributed by atoms with van der Waals surface area (Å²) in [6.07, 6.45) is 1.82. The molecular weight excluding hydrogens is 254 g/mol. The maximum absolute atomic E-state index is 5.94. The third-order valence-corrected chi connectivity index (χ3v) is 3.26. The van der Waals surface area contributed by atoms with Crippen LogP contribution in [0.15, 0.2) is 72.9 Å². The van der Waals surface area contributed by atoms with E-state index in [4.69, 9.17) is 11.6 Å². The Morgan fingerprint density at radius 2 is 1.42 bits per heavy atom. The van der Waals surface area contributed by atoms with Crippen LogP contribution in [0.5, 0.6) is 0 Å². The third kappa shape index (κ3) is 2.51. The normalized spacial score (nSPS) is 10.4. The Hall–Kier alpha value is -2.12. The van der Waals surface area contributed by atoms with E-state index >= 15 is 0 Å². The smallest absolute Gasteiger partial charge is 0.0780 e. The number of pyridine rings is 1. The predicted molar refractivity (Wildman–Crippen MR) is 80.1 cm³/mol. The summed E-state index contributed by atoms with van der Waals surface area (Å²) in [6, 6.07) is 22.1. The number of hydrogen-bond donors (Lipinski definition) is 0. The molecule has 0 aliphatic rings. The van der Waals surface area contributed by atoms with Crippen LogP contribution < -0.4 is 0 Å². The molecule has 0 fully saturated rings. The van der Waals surface area contributed by atoms with Crippen molar-refractivity contribution >= 4 is 11.6 Å². The summed E-state index contributed by atoms with van der Waals surface area (Å²) in [4.78, 5) is 4.51. The molecule has 0 atom stereocenters. The van der Waals surface area contributed by atoms with Crippen LogP contribution in [0.1, 0.15) is 0 Å². The van der Waals surface area contributed by atoms with Crippen molar-refractivity contribution < 1.29 is 0 Å². The molecular formula is C17H12ClN. The van der Waals surface area contributed by atoms with E-state index in [0.29, 0.717) is 0 Å². The van der Waals surface area contributed by atoms with E-state index in [1.54, 1.807) is 0 Å². The molecule has 3 aromatic rings. The molecule has 1 heterocycles. The van der Waals surface area contributed by atoms with Gasteiger partial charge in [-0.25, -0.2) is 0 Å². The molecule has 19 heavy (non-hydrogen) atoms. The van der Waals surface area contributed by atoms with Crippen LogP contribution in [-0.4, -0.2) is 4.98 Å². The fourth-order valence-corrected chi connectivity index (χ4v) is 2.22. The fraction of sp³-hybridized carbons (Fsp3) is 0. The second-order valence-corrected chi connectivity index (χ2v) is 4.71. The van der Waals surface area contributed by atoms with Crippen molar-refractivity contribution in [1.29, 1.82) is 0 Å². The van der Waals surface area contributed by atoms with E-state index < -0.39 is 0 Å². The highest BCUT2D eigenvalue weighted by Gasteiger charge is 2.07. The lowest BCUT2D eigenvalue weighted by Crippen LogP contribution is -1.88. The van der Waals surface area contributed by atoms with Crippen LogP contribution in [0.4, 0.5) is 0 Å². The number of rotatable bonds is 2. The van der Waals surface area contributed by atoms with E-state index in [1.807, 2.05) is 54.7 Å². The molecule has 0 N–H and O–H groups in total. The fourth-order valence-electron chi connectivity index (χ4n) is 2.09. The minimum atomic E-state index is 0.744. The van der Waals surface area contributed by atoms with Gasteiger partial charge in [0, 0.05) is 22.3 Å². The van der Waals surface area contributed by atoms with Crippen molar-refractivity contribution in [1.82, 2.24) is 4.98 Å². The molecule has 0 saturated heterocycles. The van der Waals surface area contributed by atoms with Crippen molar-refractivity contribution in [3.63, 3.8) is 0 Å². The van der Waals surface area contributed by atoms with Gasteiger partial charge in [0.15, 0.2) is 0 Å². The number of aromatic nitrogens is 1. The second-order valence-electron chi connectivity index (χ2n) is 4.27. The average molecular weight is 266 g/mol. The number of nitrogens with zero attached hydrogens (tertiary/aromatic N) is 1. The van der Waals surface area contributed by atoms with Gasteiger partial charge in [-0.05, 0) is 23.8 Å². The molecule has 2 aromatic carbocycles. The Morgan fingerprint density at radius 1 is 0.684 bits per heavy atom. The van der Waals surface area contributed by atoms with Gasteiger partial charge in [0.05, 0.1) is 5.69 Å². The second kappa shape index (κ2) is 5.25. The van der Waals surface area contributed by atoms with Gasteiger partial charge in [-0.15, -0.1) is 0 Å². The Bertz CT molecular complexity index is 675. The first-order chi connectivity index (χ1) is 9.34. The molecule has 0 spiro atoms. The Morgan fingerprint density at radius 3 is 2.16 bits per heavy atom. The molecule has 1 aromatic heterocycles. The van der Waals surface area contributed by atoms with E-state index in [2.05, 4.69) is 23.2 Å². The van der Waals surface area contributed by atoms with Gasteiger partial charge in [-0.3, -0.25) is 4.98 Å². The quantitative estimate of drug-likeness (QED) is 0.630. The molecule has 0 unspecified atom stereocenters. The van der Waals surface area contributed by atoms with Crippen molar-refractivity contribution in [3.8, 4) is 22.4 Å². The van der Waals surface area contributed by atoms with E-state index in [1.165, 1.54) is 0 Å². The van der Waals surface area contributed by atoms with Crippen LogP contribution in [0.3, 0.4) is 0 Å². The maximum Gasteiger partial charge on any atom is 0.0780 e. The molecule has 0 saturated carbocycles. The standard InChI is InChI=1S/C17H12ClN/c18-15-10-8-13(9-11-15)16-7-4-12-19-17(16)14-5-2-1-3-6-14/h1-12H. The molecule has 2 heteroatoms. The zero-order valence-electron chi connectivity index (χ0n) is 10.3. The Kier molecular flexibility index (Phi) is 3.30. The van der Waals surface area contributed by atoms with Crippen LogP contribution >= 0.6 is 11.6 Å². The van der Waals surface area contributed by atoms with Gasteiger partial charge in [-0.2, -0.15) is 0 Å². The summed E-state index contributed by atoms with van der Waals surface area (Å²) < 4.78 is 0. The SMILES string of the molecule is Clc1ccc(-c2cccnc2-c2ccccc2)cc1. The molecule has 0 amide bonds. The van der Waals surface area contributed by atoms with Gasteiger partial charge < -0.3 is 0 Å². The van der Waals surface area contributed by atoms with E-state index in [0.717, 1.165) is 27.4 Å². The Labute approximate surface area is 117 Å². The summed E-state index contributed by atoms with van der Waals surface area (Å²) in [5.74, 6) is 0. The average Bonchev–Trinajstić information content (AvgIpc) is 2.49. The summed E-state index contributed by atoms with van der Waals surface area (Å²) in [5.41, 5.74) is 4.35. The lowest BCUT2D eigenvalue weighted by molar-refractivity contribution is 1.32. The van der Waals surface area contributed by atoms with Crippen molar-refractivity contribution in [3.05, 3.63) is 77.9 Å². The molecule has 92 valence electrons. The van der Waals surface area contributed by atoms with E-state index in [-0.39, 0.29) is 0 Å². The maximum atomic E-state index is 5.94. The number of benzene rings is 2. The van der Waals surface area contributed by atoms with Crippen LogP contribution in [-0.2, 0) is 0 Å². The first-order valence-electron chi connectivity index (χ1n) is 6.11. The number of halogens is 1. The van der Waals surface area contributed by atoms with Crippen LogP contribution in [0.2, 0.25) is 5.02 Å². The van der Waals surface area contributed by atoms with Gasteiger partial charge in [0.1, 0.15) is 0 Å². The van der Waals surface area contributed by atoms with Crippen LogP contribution in [0, 0.1) is 0 Å². The van der Waals surface area contributed by atoms with Crippen molar-refractivity contribution in [2.45, 2.75) is 0 Å². The van der Waals surface area contributed by atoms with Crippen molar-refractivity contribution in [2.24, 2.45) is 0 Å². The minimum Gasteiger partial charge on any atom is -0.256 e. The predicted octanol–water partition coefficient (Wildman–Crippen LogP) is 5.07. The van der Waals surface area contributed by atoms with Crippen LogP contribution in [0.25, 0.3) is 22.4 Å². The van der Waals surface area contributed by atoms with Gasteiger partial charge in [0.25, 0.3) is 0 Å². The highest BCUT2D eigenvalue weighted by Crippen LogP contribution is 2.30. The summed E-state index contributed by atoms with van der Waals surface area (Å²) >= 11 is 5.94. The highest BCUT2D eigenvalue weighted by atomic mass is 35.5. The third-order valence-electron chi connectivity index (χ3n) is 3.01. The zero-order valence-corrected chi connectivity index (χ0v) is 11.0. The molecule has 3 rings (SSSR count). The summed E-state index contributed by atoms with van der Waals surface area (Å²) in [5, 5.41) is 0.744. The van der Waals surface area contributed by atoms with Gasteiger partial charge in [-0.1, -0.05) is 60.1 Å². The zero-order chi connectivity index (χ0) is 13.1. The highest BCUT2D eigenvalue weighted by molar-refractivity contribution is 6.30. The van der Waals surface area contributed by atoms with Crippen molar-refractivity contribution in [2.75, 3.05) is 0 Å². The first-order valence-corrected chi connectivity index (χ1v) is 6.49. The van der Waals surface area contributed by atoms with E-state index in [9.17, 15) is 0 Å². The number of hydrogen-bond acceptors (Lipinski definition) is 1. The topological polar surface area (TPSA) is 12.9 Å². The van der Waals surface area contributed by atoms with Gasteiger partial charge >= 0.3 is 0 Å². The first kappa shape index (κ1) is 11.9. The molecule has 0 aliphatic carbocycles. The summed E-state index contributed by atoms with van der Waals surface area (Å²) in [6.45, 7) is 0. The summed E-state index contributed by atoms with van der Waals surface area (Å²) in [7, 11) is 0. The van der Waals surface area contributed by atoms with Gasteiger partial charge in [0.2, 0.25) is 0 Å². The minimum absolute atomic E-state index is 0.744. The lowest BCUT2D eigenvalue weighted by atomic mass is 10.00. The molecule has 1 nitrogen and oxygen atoms in total. The molecule has 0 radical (unpaired) electrons. The Balaban J connectivity index is 2.15. The monoisotopic (exact) mass is 265 g/mol. The largest absolute Gasteiger partial charge is 0.256 e. The molecule has 0 bridgehead atoms. The lowest BCUT2D eigenvalue weighted by Gasteiger charge is -2.08. The molecule has 0 aliphatic heterocycles.